The molecule has 0 atom stereocenters. The number of nitrogens with one attached hydrogen (secondary N) is 2. The zero-order chi connectivity index (χ0) is 17.7. The summed E-state index contributed by atoms with van der Waals surface area (Å²) >= 11 is 0. The summed E-state index contributed by atoms with van der Waals surface area (Å²) in [6.07, 6.45) is 12.2. The first-order valence-corrected chi connectivity index (χ1v) is 10.0. The number of hydrogen-bond donors (Lipinski definition) is 2. The van der Waals surface area contributed by atoms with E-state index in [1.54, 1.807) is 0 Å². The summed E-state index contributed by atoms with van der Waals surface area (Å²) in [6.45, 7) is 3.30. The van der Waals surface area contributed by atoms with Crippen molar-refractivity contribution in [3.8, 4) is 5.75 Å². The Morgan fingerprint density at radius 1 is 1.12 bits per heavy atom. The minimum absolute atomic E-state index is 0.0779. The zero-order valence-corrected chi connectivity index (χ0v) is 15.7. The number of hydrogen-bond acceptors (Lipinski definition) is 3. The van der Waals surface area contributed by atoms with Gasteiger partial charge in [0.15, 0.2) is 0 Å². The lowest BCUT2D eigenvalue weighted by Crippen LogP contribution is -2.39. The van der Waals surface area contributed by atoms with Gasteiger partial charge in [0.2, 0.25) is 5.91 Å². The summed E-state index contributed by atoms with van der Waals surface area (Å²) in [5.74, 6) is 0.947. The van der Waals surface area contributed by atoms with Crippen molar-refractivity contribution in [3.63, 3.8) is 0 Å². The summed E-state index contributed by atoms with van der Waals surface area (Å²) < 4.78 is 5.81. The minimum atomic E-state index is 0.0779. The molecule has 4 heteroatoms. The average molecular weight is 347 g/mol. The standard InChI is InChI=1S/C21H34N2O2/c1-2-3-4-5-9-15-25-20-14-10-13-19(16-20)22-17-21(24)23-18-11-7-6-8-12-18/h10,13-14,16,18,22H,2-9,11-12,15,17H2,1H3,(H,23,24). The Balaban J connectivity index is 1.65. The first-order valence-electron chi connectivity index (χ1n) is 10.0. The predicted molar refractivity (Wildman–Crippen MR) is 104 cm³/mol. The number of carbonyl (C=O) groups is 1. The molecular formula is C21H34N2O2. The van der Waals surface area contributed by atoms with E-state index in [1.165, 1.54) is 44.9 Å². The SMILES string of the molecule is CCCCCCCOc1cccc(NCC(=O)NC2CCCCC2)c1. The molecule has 0 radical (unpaired) electrons. The monoisotopic (exact) mass is 346 g/mol. The van der Waals surface area contributed by atoms with Crippen molar-refractivity contribution in [3.05, 3.63) is 24.3 Å². The van der Waals surface area contributed by atoms with E-state index in [2.05, 4.69) is 17.6 Å². The van der Waals surface area contributed by atoms with Crippen LogP contribution in [0.4, 0.5) is 5.69 Å². The van der Waals surface area contributed by atoms with Crippen LogP contribution in [0, 0.1) is 0 Å². The fourth-order valence-corrected chi connectivity index (χ4v) is 3.30. The van der Waals surface area contributed by atoms with Crippen LogP contribution in [0.5, 0.6) is 5.75 Å². The third kappa shape index (κ3) is 8.28. The molecule has 140 valence electrons. The molecule has 0 aromatic heterocycles. The molecule has 2 N–H and O–H groups in total. The molecule has 1 fully saturated rings. The van der Waals surface area contributed by atoms with Crippen molar-refractivity contribution >= 4 is 11.6 Å². The summed E-state index contributed by atoms with van der Waals surface area (Å²) in [7, 11) is 0. The van der Waals surface area contributed by atoms with E-state index in [4.69, 9.17) is 4.74 Å². The van der Waals surface area contributed by atoms with Gasteiger partial charge in [0.05, 0.1) is 13.2 Å². The molecule has 0 aliphatic heterocycles. The molecule has 0 spiro atoms. The van der Waals surface area contributed by atoms with Gasteiger partial charge in [-0.05, 0) is 31.4 Å². The van der Waals surface area contributed by atoms with Gasteiger partial charge in [-0.3, -0.25) is 4.79 Å². The lowest BCUT2D eigenvalue weighted by Gasteiger charge is -2.22. The van der Waals surface area contributed by atoms with Crippen LogP contribution in [0.1, 0.15) is 71.1 Å². The van der Waals surface area contributed by atoms with E-state index in [-0.39, 0.29) is 5.91 Å². The Labute approximate surface area is 152 Å². The first-order chi connectivity index (χ1) is 12.3. The van der Waals surface area contributed by atoms with Gasteiger partial charge in [0.25, 0.3) is 0 Å². The number of amides is 1. The minimum Gasteiger partial charge on any atom is -0.494 e. The maximum absolute atomic E-state index is 12.1. The topological polar surface area (TPSA) is 50.4 Å². The van der Waals surface area contributed by atoms with Crippen LogP contribution >= 0.6 is 0 Å². The second kappa shape index (κ2) is 11.8. The van der Waals surface area contributed by atoms with Gasteiger partial charge in [-0.1, -0.05) is 57.9 Å². The largest absolute Gasteiger partial charge is 0.494 e. The van der Waals surface area contributed by atoms with Crippen LogP contribution in [0.3, 0.4) is 0 Å². The smallest absolute Gasteiger partial charge is 0.239 e. The Bertz CT molecular complexity index is 498. The van der Waals surface area contributed by atoms with Gasteiger partial charge in [0, 0.05) is 17.8 Å². The maximum Gasteiger partial charge on any atom is 0.239 e. The van der Waals surface area contributed by atoms with Crippen molar-refractivity contribution in [2.24, 2.45) is 0 Å². The van der Waals surface area contributed by atoms with E-state index in [1.807, 2.05) is 24.3 Å². The predicted octanol–water partition coefficient (Wildman–Crippen LogP) is 4.90. The van der Waals surface area contributed by atoms with Gasteiger partial charge in [-0.15, -0.1) is 0 Å². The second-order valence-electron chi connectivity index (χ2n) is 7.05. The van der Waals surface area contributed by atoms with Gasteiger partial charge < -0.3 is 15.4 Å². The first kappa shape index (κ1) is 19.6. The molecule has 0 unspecified atom stereocenters. The van der Waals surface area contributed by atoms with Crippen molar-refractivity contribution in [1.29, 1.82) is 0 Å². The van der Waals surface area contributed by atoms with Crippen molar-refractivity contribution in [1.82, 2.24) is 5.32 Å². The maximum atomic E-state index is 12.1. The van der Waals surface area contributed by atoms with E-state index in [0.29, 0.717) is 12.6 Å². The van der Waals surface area contributed by atoms with Crippen LogP contribution in [0.25, 0.3) is 0 Å². The van der Waals surface area contributed by atoms with Crippen molar-refractivity contribution in [2.75, 3.05) is 18.5 Å². The molecule has 1 aliphatic carbocycles. The van der Waals surface area contributed by atoms with Crippen LogP contribution in [0.15, 0.2) is 24.3 Å². The van der Waals surface area contributed by atoms with Gasteiger partial charge in [0.1, 0.15) is 5.75 Å². The summed E-state index contributed by atoms with van der Waals surface area (Å²) in [5.41, 5.74) is 0.933. The zero-order valence-electron chi connectivity index (χ0n) is 15.7. The molecule has 2 rings (SSSR count). The Kier molecular flexibility index (Phi) is 9.24. The molecule has 25 heavy (non-hydrogen) atoms. The quantitative estimate of drug-likeness (QED) is 0.561. The van der Waals surface area contributed by atoms with Gasteiger partial charge in [-0.25, -0.2) is 0 Å². The Morgan fingerprint density at radius 2 is 1.92 bits per heavy atom. The lowest BCUT2D eigenvalue weighted by molar-refractivity contribution is -0.120. The van der Waals surface area contributed by atoms with Gasteiger partial charge >= 0.3 is 0 Å². The molecule has 0 bridgehead atoms. The summed E-state index contributed by atoms with van der Waals surface area (Å²) in [5, 5.41) is 6.33. The third-order valence-electron chi connectivity index (χ3n) is 4.77. The molecule has 4 nitrogen and oxygen atoms in total. The van der Waals surface area contributed by atoms with Crippen LogP contribution < -0.4 is 15.4 Å². The van der Waals surface area contributed by atoms with Crippen LogP contribution in [-0.4, -0.2) is 25.1 Å². The van der Waals surface area contributed by atoms with Crippen molar-refractivity contribution < 1.29 is 9.53 Å². The Hall–Kier alpha value is -1.71. The molecule has 1 aliphatic rings. The fourth-order valence-electron chi connectivity index (χ4n) is 3.30. The van der Waals surface area contributed by atoms with Gasteiger partial charge in [-0.2, -0.15) is 0 Å². The van der Waals surface area contributed by atoms with Crippen LogP contribution in [0.2, 0.25) is 0 Å². The highest BCUT2D eigenvalue weighted by atomic mass is 16.5. The molecule has 0 saturated heterocycles. The number of carbonyl (C=O) groups excluding carboxylic acids is 1. The highest BCUT2D eigenvalue weighted by molar-refractivity contribution is 5.81. The van der Waals surface area contributed by atoms with Crippen molar-refractivity contribution in [2.45, 2.75) is 77.2 Å². The van der Waals surface area contributed by atoms with E-state index in [0.717, 1.165) is 37.3 Å². The molecule has 1 aromatic rings. The van der Waals surface area contributed by atoms with Crippen LogP contribution in [-0.2, 0) is 4.79 Å². The fraction of sp³-hybridized carbons (Fsp3) is 0.667. The number of anilines is 1. The number of ether oxygens (including phenoxy) is 1. The third-order valence-corrected chi connectivity index (χ3v) is 4.77. The normalized spacial score (nSPS) is 14.9. The average Bonchev–Trinajstić information content (AvgIpc) is 2.64. The number of unbranched alkanes of at least 4 members (excludes halogenated alkanes) is 4. The second-order valence-corrected chi connectivity index (χ2v) is 7.05. The summed E-state index contributed by atoms with van der Waals surface area (Å²) in [4.78, 5) is 12.1. The highest BCUT2D eigenvalue weighted by Gasteiger charge is 2.15. The molecular weight excluding hydrogens is 312 g/mol. The molecule has 1 saturated carbocycles. The van der Waals surface area contributed by atoms with E-state index in [9.17, 15) is 4.79 Å². The van der Waals surface area contributed by atoms with E-state index < -0.39 is 0 Å². The number of rotatable bonds is 11. The molecule has 0 heterocycles. The Morgan fingerprint density at radius 3 is 2.72 bits per heavy atom. The van der Waals surface area contributed by atoms with E-state index >= 15 is 0 Å². The molecule has 1 amide bonds. The lowest BCUT2D eigenvalue weighted by atomic mass is 9.95. The highest BCUT2D eigenvalue weighted by Crippen LogP contribution is 2.19. The number of benzene rings is 1. The molecule has 1 aromatic carbocycles. The summed E-state index contributed by atoms with van der Waals surface area (Å²) in [6, 6.07) is 8.25.